The van der Waals surface area contributed by atoms with Crippen molar-refractivity contribution in [2.45, 2.75) is 6.92 Å². The second kappa shape index (κ2) is 4.83. The van der Waals surface area contributed by atoms with Gasteiger partial charge >= 0.3 is 0 Å². The number of hydrogen-bond donors (Lipinski definition) is 1. The van der Waals surface area contributed by atoms with E-state index in [1.807, 2.05) is 37.3 Å². The molecule has 4 heteroatoms. The predicted octanol–water partition coefficient (Wildman–Crippen LogP) is 2.77. The lowest BCUT2D eigenvalue weighted by atomic mass is 10.1. The fraction of sp³-hybridized carbons (Fsp3) is 0.0667. The molecule has 0 spiro atoms. The van der Waals surface area contributed by atoms with E-state index in [4.69, 9.17) is 4.52 Å². The summed E-state index contributed by atoms with van der Waals surface area (Å²) in [5, 5.41) is 4.08. The van der Waals surface area contributed by atoms with Crippen molar-refractivity contribution >= 4 is 0 Å². The average molecular weight is 249 g/mol. The van der Waals surface area contributed by atoms with E-state index < -0.39 is 0 Å². The molecule has 1 N–H and O–H groups in total. The highest BCUT2D eigenvalue weighted by Crippen LogP contribution is 2.23. The first-order chi connectivity index (χ1) is 9.34. The topological polar surface area (TPSA) is 54.7 Å². The van der Waals surface area contributed by atoms with Crippen LogP contribution in [-0.4, -0.2) is 15.1 Å². The molecular formula is C15H11N3O. The summed E-state index contributed by atoms with van der Waals surface area (Å²) in [4.78, 5) is 7.01. The first-order valence-electron chi connectivity index (χ1n) is 5.87. The van der Waals surface area contributed by atoms with Crippen molar-refractivity contribution in [3.05, 3.63) is 59.9 Å². The number of hydrogen-bond acceptors (Lipinski definition) is 3. The summed E-state index contributed by atoms with van der Waals surface area (Å²) >= 11 is 0. The van der Waals surface area contributed by atoms with Crippen LogP contribution in [0.15, 0.2) is 47.2 Å². The molecule has 0 atom stereocenters. The van der Waals surface area contributed by atoms with E-state index in [-0.39, 0.29) is 0 Å². The molecule has 92 valence electrons. The van der Waals surface area contributed by atoms with Gasteiger partial charge in [0.15, 0.2) is 5.82 Å². The van der Waals surface area contributed by atoms with Gasteiger partial charge in [-0.25, -0.2) is 4.98 Å². The van der Waals surface area contributed by atoms with Crippen LogP contribution >= 0.6 is 0 Å². The number of imidazole rings is 1. The highest BCUT2D eigenvalue weighted by atomic mass is 16.5. The fourth-order valence-electron chi connectivity index (χ4n) is 1.77. The zero-order valence-electron chi connectivity index (χ0n) is 10.3. The summed E-state index contributed by atoms with van der Waals surface area (Å²) in [6.45, 7) is 1.85. The van der Waals surface area contributed by atoms with E-state index in [1.165, 1.54) is 0 Å². The van der Waals surface area contributed by atoms with Crippen LogP contribution in [-0.2, 0) is 0 Å². The van der Waals surface area contributed by atoms with Gasteiger partial charge in [-0.1, -0.05) is 41.4 Å². The summed E-state index contributed by atoms with van der Waals surface area (Å²) < 4.78 is 5.24. The smallest absolute Gasteiger partial charge is 0.182 e. The third-order valence-corrected chi connectivity index (χ3v) is 2.71. The molecule has 0 saturated heterocycles. The summed E-state index contributed by atoms with van der Waals surface area (Å²) in [5.74, 6) is 7.35. The van der Waals surface area contributed by atoms with E-state index in [0.717, 1.165) is 16.8 Å². The molecule has 4 nitrogen and oxygen atoms in total. The van der Waals surface area contributed by atoms with E-state index in [1.54, 1.807) is 12.4 Å². The molecule has 0 aliphatic rings. The fourth-order valence-corrected chi connectivity index (χ4v) is 1.77. The maximum Gasteiger partial charge on any atom is 0.182 e. The minimum Gasteiger partial charge on any atom is -0.360 e. The summed E-state index contributed by atoms with van der Waals surface area (Å²) in [5.41, 5.74) is 2.54. The summed E-state index contributed by atoms with van der Waals surface area (Å²) in [6, 6.07) is 9.85. The molecule has 0 aliphatic heterocycles. The third-order valence-electron chi connectivity index (χ3n) is 2.71. The minimum atomic E-state index is 0.625. The Morgan fingerprint density at radius 3 is 2.74 bits per heavy atom. The van der Waals surface area contributed by atoms with E-state index in [2.05, 4.69) is 27.0 Å². The van der Waals surface area contributed by atoms with Crippen LogP contribution in [0.4, 0.5) is 0 Å². The normalized spacial score (nSPS) is 9.95. The molecule has 3 aromatic rings. The Labute approximate surface area is 110 Å². The van der Waals surface area contributed by atoms with Crippen molar-refractivity contribution in [1.29, 1.82) is 0 Å². The number of H-pyrrole nitrogens is 1. The van der Waals surface area contributed by atoms with Crippen molar-refractivity contribution in [3.63, 3.8) is 0 Å². The number of aryl methyl sites for hydroxylation is 1. The van der Waals surface area contributed by atoms with Gasteiger partial charge in [0.1, 0.15) is 11.5 Å². The van der Waals surface area contributed by atoms with E-state index in [0.29, 0.717) is 11.6 Å². The van der Waals surface area contributed by atoms with Crippen molar-refractivity contribution in [2.75, 3.05) is 0 Å². The molecule has 0 saturated carbocycles. The molecule has 0 unspecified atom stereocenters. The maximum atomic E-state index is 5.24. The Kier molecular flexibility index (Phi) is 2.87. The van der Waals surface area contributed by atoms with Crippen LogP contribution < -0.4 is 0 Å². The van der Waals surface area contributed by atoms with Gasteiger partial charge in [-0.15, -0.1) is 0 Å². The molecule has 0 aliphatic carbocycles. The molecule has 3 rings (SSSR count). The molecule has 0 amide bonds. The zero-order valence-corrected chi connectivity index (χ0v) is 10.3. The van der Waals surface area contributed by atoms with Gasteiger partial charge in [0.25, 0.3) is 0 Å². The molecule has 0 fully saturated rings. The lowest BCUT2D eigenvalue weighted by Gasteiger charge is -1.95. The summed E-state index contributed by atoms with van der Waals surface area (Å²) in [7, 11) is 0. The predicted molar refractivity (Wildman–Crippen MR) is 71.2 cm³/mol. The van der Waals surface area contributed by atoms with Crippen LogP contribution in [0.3, 0.4) is 0 Å². The molecular weight excluding hydrogens is 238 g/mol. The lowest BCUT2D eigenvalue weighted by molar-refractivity contribution is 0.399. The Morgan fingerprint density at radius 2 is 2.00 bits per heavy atom. The molecule has 2 heterocycles. The van der Waals surface area contributed by atoms with E-state index in [9.17, 15) is 0 Å². The lowest BCUT2D eigenvalue weighted by Crippen LogP contribution is -1.83. The van der Waals surface area contributed by atoms with Crippen LogP contribution in [0, 0.1) is 18.8 Å². The van der Waals surface area contributed by atoms with Crippen molar-refractivity contribution in [2.24, 2.45) is 0 Å². The SMILES string of the molecule is Cc1onc(-c2ccccc2)c1C#Cc1ncc[nH]1. The monoisotopic (exact) mass is 249 g/mol. The molecule has 1 aromatic carbocycles. The number of benzene rings is 1. The highest BCUT2D eigenvalue weighted by Gasteiger charge is 2.12. The van der Waals surface area contributed by atoms with Gasteiger partial charge in [0, 0.05) is 18.0 Å². The Hall–Kier alpha value is -2.80. The van der Waals surface area contributed by atoms with Gasteiger partial charge in [-0.3, -0.25) is 0 Å². The third kappa shape index (κ3) is 2.26. The number of rotatable bonds is 1. The van der Waals surface area contributed by atoms with Gasteiger partial charge in [-0.05, 0) is 12.8 Å². The Bertz CT molecular complexity index is 731. The van der Waals surface area contributed by atoms with Crippen LogP contribution in [0.2, 0.25) is 0 Å². The second-order valence-electron chi connectivity index (χ2n) is 4.02. The van der Waals surface area contributed by atoms with Gasteiger partial charge in [-0.2, -0.15) is 0 Å². The average Bonchev–Trinajstić information content (AvgIpc) is 3.07. The zero-order chi connectivity index (χ0) is 13.1. The standard InChI is InChI=1S/C15H11N3O/c1-11-13(7-8-14-16-9-10-17-14)15(18-19-11)12-5-3-2-4-6-12/h2-6,9-10H,1H3,(H,16,17). The Morgan fingerprint density at radius 1 is 1.16 bits per heavy atom. The largest absolute Gasteiger partial charge is 0.360 e. The maximum absolute atomic E-state index is 5.24. The van der Waals surface area contributed by atoms with Crippen LogP contribution in [0.25, 0.3) is 11.3 Å². The highest BCUT2D eigenvalue weighted by molar-refractivity contribution is 5.67. The van der Waals surface area contributed by atoms with Crippen molar-refractivity contribution < 1.29 is 4.52 Å². The first kappa shape index (κ1) is 11.3. The quantitative estimate of drug-likeness (QED) is 0.675. The molecule has 2 aromatic heterocycles. The van der Waals surface area contributed by atoms with Crippen molar-refractivity contribution in [1.82, 2.24) is 15.1 Å². The second-order valence-corrected chi connectivity index (χ2v) is 4.02. The minimum absolute atomic E-state index is 0.625. The molecule has 0 radical (unpaired) electrons. The number of aromatic amines is 1. The van der Waals surface area contributed by atoms with Crippen LogP contribution in [0.5, 0.6) is 0 Å². The number of nitrogens with zero attached hydrogens (tertiary/aromatic N) is 2. The van der Waals surface area contributed by atoms with Gasteiger partial charge in [0.2, 0.25) is 0 Å². The number of nitrogens with one attached hydrogen (secondary N) is 1. The Balaban J connectivity index is 2.05. The number of aromatic nitrogens is 3. The van der Waals surface area contributed by atoms with Gasteiger partial charge < -0.3 is 9.51 Å². The first-order valence-corrected chi connectivity index (χ1v) is 5.87. The van der Waals surface area contributed by atoms with E-state index >= 15 is 0 Å². The molecule has 19 heavy (non-hydrogen) atoms. The molecule has 0 bridgehead atoms. The van der Waals surface area contributed by atoms with Crippen molar-refractivity contribution in [3.8, 4) is 23.1 Å². The van der Waals surface area contributed by atoms with Crippen LogP contribution in [0.1, 0.15) is 17.1 Å². The van der Waals surface area contributed by atoms with Gasteiger partial charge in [0.05, 0.1) is 5.56 Å². The summed E-state index contributed by atoms with van der Waals surface area (Å²) in [6.07, 6.45) is 3.41.